The van der Waals surface area contributed by atoms with Crippen LogP contribution in [0.2, 0.25) is 5.02 Å². The van der Waals surface area contributed by atoms with Gasteiger partial charge in [-0.3, -0.25) is 0 Å². The quantitative estimate of drug-likeness (QED) is 0.449. The number of hydrogen-bond donors (Lipinski definition) is 0. The van der Waals surface area contributed by atoms with Gasteiger partial charge in [-0.05, 0) is 42.7 Å². The minimum atomic E-state index is -0.469. The Bertz CT molecular complexity index is 1280. The molecular weight excluding hydrogens is 403 g/mol. The summed E-state index contributed by atoms with van der Waals surface area (Å²) in [6.07, 6.45) is 8.22. The van der Waals surface area contributed by atoms with Crippen LogP contribution in [0.25, 0.3) is 28.3 Å². The second kappa shape index (κ2) is 7.54. The Kier molecular flexibility index (Phi) is 4.72. The monoisotopic (exact) mass is 420 g/mol. The highest BCUT2D eigenvalue weighted by Crippen LogP contribution is 2.34. The zero-order valence-corrected chi connectivity index (χ0v) is 16.8. The van der Waals surface area contributed by atoms with E-state index in [0.717, 1.165) is 24.6 Å². The summed E-state index contributed by atoms with van der Waals surface area (Å²) in [5.74, 6) is 0.279. The summed E-state index contributed by atoms with van der Waals surface area (Å²) in [4.78, 5) is 8.83. The molecule has 0 radical (unpaired) electrons. The molecule has 6 nitrogen and oxygen atoms in total. The maximum Gasteiger partial charge on any atom is 0.162 e. The van der Waals surface area contributed by atoms with Crippen LogP contribution in [0.4, 0.5) is 4.39 Å². The maximum atomic E-state index is 13.7. The van der Waals surface area contributed by atoms with Crippen LogP contribution in [0.5, 0.6) is 0 Å². The van der Waals surface area contributed by atoms with Gasteiger partial charge in [-0.15, -0.1) is 0 Å². The van der Waals surface area contributed by atoms with E-state index in [1.165, 1.54) is 36.0 Å². The number of imidazole rings is 2. The van der Waals surface area contributed by atoms with E-state index >= 15 is 0 Å². The van der Waals surface area contributed by atoms with E-state index in [1.807, 2.05) is 12.1 Å². The lowest BCUT2D eigenvalue weighted by molar-refractivity contribution is 0.282. The fourth-order valence-corrected chi connectivity index (χ4v) is 4.03. The molecule has 8 heteroatoms. The van der Waals surface area contributed by atoms with Crippen LogP contribution in [0, 0.1) is 23.1 Å². The molecule has 0 N–H and O–H groups in total. The highest BCUT2D eigenvalue weighted by Gasteiger charge is 2.21. The first kappa shape index (κ1) is 18.8. The zero-order chi connectivity index (χ0) is 20.7. The molecule has 1 fully saturated rings. The van der Waals surface area contributed by atoms with Gasteiger partial charge in [-0.25, -0.2) is 18.9 Å². The number of halogens is 2. The van der Waals surface area contributed by atoms with E-state index in [-0.39, 0.29) is 5.02 Å². The number of nitrogens with zero attached hydrogens (tertiary/aromatic N) is 6. The minimum absolute atomic E-state index is 0.0484. The average molecular weight is 421 g/mol. The summed E-state index contributed by atoms with van der Waals surface area (Å²) >= 11 is 6.03. The number of aryl methyl sites for hydroxylation is 1. The third-order valence-corrected chi connectivity index (χ3v) is 6.04. The smallest absolute Gasteiger partial charge is 0.162 e. The third kappa shape index (κ3) is 3.23. The minimum Gasteiger partial charge on any atom is -0.329 e. The number of benzene rings is 1. The van der Waals surface area contributed by atoms with Crippen molar-refractivity contribution in [1.82, 2.24) is 24.1 Å². The highest BCUT2D eigenvalue weighted by atomic mass is 35.5. The Morgan fingerprint density at radius 1 is 1.20 bits per heavy atom. The summed E-state index contributed by atoms with van der Waals surface area (Å²) in [6.45, 7) is 0.816. The second-order valence-electron chi connectivity index (χ2n) is 7.59. The molecular formula is C22H18ClFN6. The van der Waals surface area contributed by atoms with Crippen LogP contribution >= 0.6 is 11.6 Å². The molecule has 5 rings (SSSR count). The van der Waals surface area contributed by atoms with Gasteiger partial charge in [0.2, 0.25) is 0 Å². The lowest BCUT2D eigenvalue weighted by atomic mass is 9.83. The molecule has 0 unspecified atom stereocenters. The van der Waals surface area contributed by atoms with E-state index < -0.39 is 5.82 Å². The summed E-state index contributed by atoms with van der Waals surface area (Å²) in [7, 11) is 0. The molecule has 1 aromatic carbocycles. The van der Waals surface area contributed by atoms with Gasteiger partial charge in [-0.2, -0.15) is 10.4 Å². The van der Waals surface area contributed by atoms with Crippen molar-refractivity contribution in [2.75, 3.05) is 0 Å². The summed E-state index contributed by atoms with van der Waals surface area (Å²) in [5.41, 5.74) is 3.83. The molecule has 1 aliphatic carbocycles. The van der Waals surface area contributed by atoms with Crippen molar-refractivity contribution in [3.05, 3.63) is 59.4 Å². The van der Waals surface area contributed by atoms with E-state index in [4.69, 9.17) is 11.6 Å². The number of rotatable bonds is 5. The second-order valence-corrected chi connectivity index (χ2v) is 8.00. The van der Waals surface area contributed by atoms with Gasteiger partial charge in [0.1, 0.15) is 17.6 Å². The van der Waals surface area contributed by atoms with Crippen molar-refractivity contribution in [3.63, 3.8) is 0 Å². The summed E-state index contributed by atoms with van der Waals surface area (Å²) < 4.78 is 17.3. The van der Waals surface area contributed by atoms with Gasteiger partial charge in [0.15, 0.2) is 11.3 Å². The molecule has 150 valence electrons. The van der Waals surface area contributed by atoms with Crippen LogP contribution in [0.1, 0.15) is 31.4 Å². The highest BCUT2D eigenvalue weighted by molar-refractivity contribution is 6.31. The first-order valence-electron chi connectivity index (χ1n) is 9.90. The Labute approximate surface area is 177 Å². The number of fused-ring (bicyclic) bond motifs is 1. The average Bonchev–Trinajstić information content (AvgIpc) is 3.32. The molecule has 3 heterocycles. The fraction of sp³-hybridized carbons (Fsp3) is 0.273. The Morgan fingerprint density at radius 3 is 2.80 bits per heavy atom. The molecule has 0 aliphatic heterocycles. The molecule has 1 aliphatic rings. The molecule has 1 saturated carbocycles. The first-order chi connectivity index (χ1) is 14.6. The van der Waals surface area contributed by atoms with Crippen LogP contribution in [0.3, 0.4) is 0 Å². The predicted molar refractivity (Wildman–Crippen MR) is 111 cm³/mol. The van der Waals surface area contributed by atoms with E-state index in [2.05, 4.69) is 25.7 Å². The van der Waals surface area contributed by atoms with Gasteiger partial charge >= 0.3 is 0 Å². The standard InChI is InChI=1S/C22H18ClFN6/c23-17-10-15(4-5-18(17)24)21-22(29(13-27-21)9-8-14-2-1-3-14)19-6-7-20-26-12-16(11-25)30(20)28-19/h4-7,10,12-14H,1-3,8-9H2. The predicted octanol–water partition coefficient (Wildman–Crippen LogP) is 5.11. The Balaban J connectivity index is 1.64. The molecule has 30 heavy (non-hydrogen) atoms. The van der Waals surface area contributed by atoms with Crippen molar-refractivity contribution in [2.24, 2.45) is 5.92 Å². The maximum absolute atomic E-state index is 13.7. The van der Waals surface area contributed by atoms with Crippen molar-refractivity contribution >= 4 is 17.2 Å². The molecule has 0 saturated heterocycles. The first-order valence-corrected chi connectivity index (χ1v) is 10.3. The van der Waals surface area contributed by atoms with Crippen molar-refractivity contribution in [3.8, 4) is 28.7 Å². The van der Waals surface area contributed by atoms with E-state index in [1.54, 1.807) is 18.5 Å². The summed E-state index contributed by atoms with van der Waals surface area (Å²) in [6, 6.07) is 10.4. The lowest BCUT2D eigenvalue weighted by Crippen LogP contribution is -2.14. The van der Waals surface area contributed by atoms with Crippen molar-refractivity contribution in [1.29, 1.82) is 5.26 Å². The molecule has 0 atom stereocenters. The van der Waals surface area contributed by atoms with Crippen LogP contribution < -0.4 is 0 Å². The molecule has 4 aromatic rings. The summed E-state index contributed by atoms with van der Waals surface area (Å²) in [5, 5.41) is 14.1. The molecule has 3 aromatic heterocycles. The van der Waals surface area contributed by atoms with Crippen LogP contribution in [-0.2, 0) is 6.54 Å². The fourth-order valence-electron chi connectivity index (χ4n) is 3.85. The topological polar surface area (TPSA) is 71.8 Å². The van der Waals surface area contributed by atoms with Gasteiger partial charge < -0.3 is 4.57 Å². The lowest BCUT2D eigenvalue weighted by Gasteiger charge is -2.25. The van der Waals surface area contributed by atoms with Crippen LogP contribution in [-0.4, -0.2) is 24.1 Å². The van der Waals surface area contributed by atoms with Gasteiger partial charge in [0.25, 0.3) is 0 Å². The van der Waals surface area contributed by atoms with Gasteiger partial charge in [0.05, 0.1) is 28.9 Å². The molecule has 0 amide bonds. The molecule has 0 bridgehead atoms. The Hall–Kier alpha value is -3.24. The van der Waals surface area contributed by atoms with Crippen LogP contribution in [0.15, 0.2) is 42.9 Å². The molecule has 0 spiro atoms. The van der Waals surface area contributed by atoms with Crippen molar-refractivity contribution < 1.29 is 4.39 Å². The number of aromatic nitrogens is 5. The Morgan fingerprint density at radius 2 is 2.07 bits per heavy atom. The van der Waals surface area contributed by atoms with Crippen molar-refractivity contribution in [2.45, 2.75) is 32.2 Å². The van der Waals surface area contributed by atoms with E-state index in [9.17, 15) is 9.65 Å². The van der Waals surface area contributed by atoms with Gasteiger partial charge in [0, 0.05) is 12.1 Å². The normalized spacial score (nSPS) is 14.0. The largest absolute Gasteiger partial charge is 0.329 e. The number of hydrogen-bond acceptors (Lipinski definition) is 4. The van der Waals surface area contributed by atoms with E-state index in [0.29, 0.717) is 28.3 Å². The zero-order valence-electron chi connectivity index (χ0n) is 16.1. The SMILES string of the molecule is N#Cc1cnc2ccc(-c3c(-c4ccc(F)c(Cl)c4)ncn3CCC3CCC3)nn12. The number of nitriles is 1. The third-order valence-electron chi connectivity index (χ3n) is 5.75. The van der Waals surface area contributed by atoms with Gasteiger partial charge in [-0.1, -0.05) is 30.9 Å².